The van der Waals surface area contributed by atoms with E-state index in [9.17, 15) is 19.1 Å². The van der Waals surface area contributed by atoms with E-state index in [2.05, 4.69) is 4.90 Å². The molecular formula is C22H20ClN3O5S. The summed E-state index contributed by atoms with van der Waals surface area (Å²) in [5, 5.41) is 11.2. The first kappa shape index (κ1) is 22.0. The number of amides is 1. The number of carbonyl (C=O) groups is 1. The van der Waals surface area contributed by atoms with Crippen LogP contribution in [0.3, 0.4) is 0 Å². The van der Waals surface area contributed by atoms with Gasteiger partial charge < -0.3 is 14.2 Å². The molecule has 1 amide bonds. The predicted molar refractivity (Wildman–Crippen MR) is 121 cm³/mol. The van der Waals surface area contributed by atoms with Gasteiger partial charge in [0.15, 0.2) is 5.76 Å². The highest BCUT2D eigenvalue weighted by Gasteiger charge is 2.25. The molecule has 32 heavy (non-hydrogen) atoms. The Labute approximate surface area is 192 Å². The third kappa shape index (κ3) is 4.84. The van der Waals surface area contributed by atoms with Crippen LogP contribution in [0.15, 0.2) is 70.0 Å². The second-order valence-corrected chi connectivity index (χ2v) is 9.07. The quantitative estimate of drug-likeness (QED) is 0.394. The molecule has 1 aromatic heterocycles. The number of piperazine rings is 1. The van der Waals surface area contributed by atoms with Crippen molar-refractivity contribution in [1.82, 2.24) is 4.90 Å². The van der Waals surface area contributed by atoms with Gasteiger partial charge in [0, 0.05) is 44.0 Å². The Bertz CT molecular complexity index is 1160. The number of halogens is 1. The van der Waals surface area contributed by atoms with E-state index in [1.807, 2.05) is 0 Å². The highest BCUT2D eigenvalue weighted by atomic mass is 35.5. The molecular weight excluding hydrogens is 454 g/mol. The number of nitro benzene ring substituents is 1. The molecule has 0 radical (unpaired) electrons. The maximum absolute atomic E-state index is 12.8. The summed E-state index contributed by atoms with van der Waals surface area (Å²) < 4.78 is 18.2. The van der Waals surface area contributed by atoms with Gasteiger partial charge in [0.2, 0.25) is 0 Å². The third-order valence-corrected chi connectivity index (χ3v) is 7.06. The van der Waals surface area contributed by atoms with Gasteiger partial charge in [-0.05, 0) is 36.4 Å². The van der Waals surface area contributed by atoms with Crippen molar-refractivity contribution in [2.75, 3.05) is 31.1 Å². The average Bonchev–Trinajstić information content (AvgIpc) is 3.27. The van der Waals surface area contributed by atoms with Gasteiger partial charge in [-0.3, -0.25) is 19.1 Å². The van der Waals surface area contributed by atoms with Crippen molar-refractivity contribution in [1.29, 1.82) is 0 Å². The molecule has 1 aliphatic heterocycles. The molecule has 3 aromatic rings. The lowest BCUT2D eigenvalue weighted by molar-refractivity contribution is -0.384. The molecule has 0 bridgehead atoms. The standard InChI is InChI=1S/C22H20ClN3O5S/c23-19-3-1-2-4-21(19)32(30)15-18-9-10-20(31-18)22(27)25-13-11-24(12-14-25)16-5-7-17(8-6-16)26(28)29/h1-10H,11-15H2/t32-/m1/s1. The number of carbonyl (C=O) groups excluding carboxylic acids is 1. The van der Waals surface area contributed by atoms with Gasteiger partial charge in [-0.15, -0.1) is 0 Å². The van der Waals surface area contributed by atoms with Crippen molar-refractivity contribution in [3.63, 3.8) is 0 Å². The molecule has 10 heteroatoms. The SMILES string of the molecule is O=C(c1ccc(C[S@@](=O)c2ccccc2Cl)o1)N1CCN(c2ccc([N+](=O)[O-])cc2)CC1. The van der Waals surface area contributed by atoms with E-state index in [0.717, 1.165) is 5.69 Å². The van der Waals surface area contributed by atoms with Crippen LogP contribution in [0.5, 0.6) is 0 Å². The monoisotopic (exact) mass is 473 g/mol. The fourth-order valence-electron chi connectivity index (χ4n) is 3.52. The lowest BCUT2D eigenvalue weighted by Crippen LogP contribution is -2.48. The molecule has 0 spiro atoms. The van der Waals surface area contributed by atoms with Crippen molar-refractivity contribution in [2.24, 2.45) is 0 Å². The molecule has 4 rings (SSSR count). The summed E-state index contributed by atoms with van der Waals surface area (Å²) in [6.45, 7) is 2.20. The molecule has 8 nitrogen and oxygen atoms in total. The Hall–Kier alpha value is -3.17. The zero-order valence-corrected chi connectivity index (χ0v) is 18.6. The molecule has 0 aliphatic carbocycles. The van der Waals surface area contributed by atoms with Crippen LogP contribution in [0, 0.1) is 10.1 Å². The van der Waals surface area contributed by atoms with Crippen LogP contribution < -0.4 is 4.90 Å². The summed E-state index contributed by atoms with van der Waals surface area (Å²) in [4.78, 5) is 27.5. The highest BCUT2D eigenvalue weighted by Crippen LogP contribution is 2.24. The Morgan fingerprint density at radius 2 is 1.72 bits per heavy atom. The van der Waals surface area contributed by atoms with Gasteiger partial charge >= 0.3 is 0 Å². The molecule has 166 valence electrons. The fourth-order valence-corrected chi connectivity index (χ4v) is 4.99. The van der Waals surface area contributed by atoms with Crippen molar-refractivity contribution in [3.05, 3.63) is 87.3 Å². The van der Waals surface area contributed by atoms with Crippen LogP contribution in [0.1, 0.15) is 16.3 Å². The van der Waals surface area contributed by atoms with E-state index in [4.69, 9.17) is 16.0 Å². The first-order chi connectivity index (χ1) is 15.4. The summed E-state index contributed by atoms with van der Waals surface area (Å²) in [6.07, 6.45) is 0. The maximum atomic E-state index is 12.8. The van der Waals surface area contributed by atoms with Crippen LogP contribution >= 0.6 is 11.6 Å². The molecule has 1 fully saturated rings. The minimum Gasteiger partial charge on any atom is -0.455 e. The number of rotatable bonds is 6. The molecule has 0 unspecified atom stereocenters. The Balaban J connectivity index is 1.35. The molecule has 1 atom stereocenters. The number of anilines is 1. The van der Waals surface area contributed by atoms with Gasteiger partial charge in [0.1, 0.15) is 5.76 Å². The first-order valence-corrected chi connectivity index (χ1v) is 11.6. The van der Waals surface area contributed by atoms with Crippen LogP contribution in [-0.2, 0) is 16.6 Å². The predicted octanol–water partition coefficient (Wildman–Crippen LogP) is 4.11. The number of hydrogen-bond donors (Lipinski definition) is 0. The van der Waals surface area contributed by atoms with Crippen molar-refractivity contribution in [2.45, 2.75) is 10.6 Å². The Kier molecular flexibility index (Phi) is 6.57. The Morgan fingerprint density at radius 3 is 2.38 bits per heavy atom. The summed E-state index contributed by atoms with van der Waals surface area (Å²) in [5.74, 6) is 0.574. The summed E-state index contributed by atoms with van der Waals surface area (Å²) >= 11 is 6.10. The second-order valence-electron chi connectivity index (χ2n) is 7.24. The van der Waals surface area contributed by atoms with E-state index in [-0.39, 0.29) is 23.1 Å². The molecule has 0 N–H and O–H groups in total. The lowest BCUT2D eigenvalue weighted by Gasteiger charge is -2.35. The van der Waals surface area contributed by atoms with Crippen LogP contribution in [-0.4, -0.2) is 46.1 Å². The number of nitrogens with zero attached hydrogens (tertiary/aromatic N) is 3. The first-order valence-electron chi connectivity index (χ1n) is 9.92. The van der Waals surface area contributed by atoms with E-state index >= 15 is 0 Å². The maximum Gasteiger partial charge on any atom is 0.289 e. The van der Waals surface area contributed by atoms with Crippen molar-refractivity contribution < 1.29 is 18.3 Å². The van der Waals surface area contributed by atoms with E-state index in [1.165, 1.54) is 12.1 Å². The average molecular weight is 474 g/mol. The molecule has 1 aliphatic rings. The number of non-ortho nitro benzene ring substituents is 1. The highest BCUT2D eigenvalue weighted by molar-refractivity contribution is 7.84. The minimum absolute atomic E-state index is 0.0478. The fraction of sp³-hybridized carbons (Fsp3) is 0.227. The second kappa shape index (κ2) is 9.54. The van der Waals surface area contributed by atoms with Crippen LogP contribution in [0.2, 0.25) is 5.02 Å². The minimum atomic E-state index is -1.38. The number of furan rings is 1. The molecule has 2 aromatic carbocycles. The summed E-state index contributed by atoms with van der Waals surface area (Å²) in [5.41, 5.74) is 0.927. The van der Waals surface area contributed by atoms with E-state index in [1.54, 1.807) is 53.4 Å². The van der Waals surface area contributed by atoms with E-state index < -0.39 is 15.7 Å². The smallest absolute Gasteiger partial charge is 0.289 e. The van der Waals surface area contributed by atoms with Gasteiger partial charge in [-0.25, -0.2) is 0 Å². The van der Waals surface area contributed by atoms with Crippen LogP contribution in [0.25, 0.3) is 0 Å². The lowest BCUT2D eigenvalue weighted by atomic mass is 10.2. The number of nitro groups is 1. The molecule has 0 saturated carbocycles. The normalized spacial score (nSPS) is 14.9. The zero-order chi connectivity index (χ0) is 22.7. The van der Waals surface area contributed by atoms with Crippen LogP contribution in [0.4, 0.5) is 11.4 Å². The van der Waals surface area contributed by atoms with Crippen molar-refractivity contribution >= 4 is 39.7 Å². The van der Waals surface area contributed by atoms with Gasteiger partial charge in [-0.2, -0.15) is 0 Å². The number of hydrogen-bond acceptors (Lipinski definition) is 6. The topological polar surface area (TPSA) is 96.9 Å². The molecule has 2 heterocycles. The zero-order valence-electron chi connectivity index (χ0n) is 17.0. The van der Waals surface area contributed by atoms with Gasteiger partial charge in [-0.1, -0.05) is 23.7 Å². The number of benzene rings is 2. The molecule has 1 saturated heterocycles. The van der Waals surface area contributed by atoms with Gasteiger partial charge in [0.25, 0.3) is 11.6 Å². The van der Waals surface area contributed by atoms with Crippen molar-refractivity contribution in [3.8, 4) is 0 Å². The summed E-state index contributed by atoms with van der Waals surface area (Å²) in [6, 6.07) is 16.6. The largest absolute Gasteiger partial charge is 0.455 e. The Morgan fingerprint density at radius 1 is 1.03 bits per heavy atom. The summed E-state index contributed by atoms with van der Waals surface area (Å²) in [7, 11) is -1.38. The third-order valence-electron chi connectivity index (χ3n) is 5.22. The van der Waals surface area contributed by atoms with Gasteiger partial charge in [0.05, 0.1) is 31.4 Å². The van der Waals surface area contributed by atoms with E-state index in [0.29, 0.717) is 41.9 Å².